The maximum Gasteiger partial charge on any atom is 0.160 e. The molecule has 0 saturated heterocycles. The summed E-state index contributed by atoms with van der Waals surface area (Å²) in [5.74, 6) is 2.77. The lowest BCUT2D eigenvalue weighted by molar-refractivity contribution is -0.117. The van der Waals surface area contributed by atoms with Crippen molar-refractivity contribution in [2.75, 3.05) is 28.4 Å². The molecule has 0 amide bonds. The summed E-state index contributed by atoms with van der Waals surface area (Å²) < 4.78 is 21.7. The molecule has 28 heavy (non-hydrogen) atoms. The van der Waals surface area contributed by atoms with E-state index in [9.17, 15) is 4.79 Å². The molecule has 0 heterocycles. The van der Waals surface area contributed by atoms with Crippen molar-refractivity contribution in [3.05, 3.63) is 47.5 Å². The summed E-state index contributed by atoms with van der Waals surface area (Å²) >= 11 is 7.08. The third kappa shape index (κ3) is 5.20. The second-order valence-corrected chi connectivity index (χ2v) is 8.24. The quantitative estimate of drug-likeness (QED) is 0.433. The maximum atomic E-state index is 13.0. The number of hydrogen-bond donors (Lipinski definition) is 0. The maximum absolute atomic E-state index is 13.0. The molecule has 2 rings (SSSR count). The summed E-state index contributed by atoms with van der Waals surface area (Å²) in [7, 11) is 6.41. The summed E-state index contributed by atoms with van der Waals surface area (Å²) in [5.41, 5.74) is 1.69. The Kier molecular flexibility index (Phi) is 8.63. The molecule has 0 radical (unpaired) electrons. The van der Waals surface area contributed by atoms with Crippen molar-refractivity contribution in [3.63, 3.8) is 0 Å². The summed E-state index contributed by atoms with van der Waals surface area (Å²) in [5, 5.41) is 0. The number of carbonyl (C=O) groups is 1. The van der Waals surface area contributed by atoms with Gasteiger partial charge in [0.1, 0.15) is 23.0 Å². The summed E-state index contributed by atoms with van der Waals surface area (Å²) in [6.45, 7) is 0. The number of carbonyl (C=O) groups excluding carboxylic acids is 1. The van der Waals surface area contributed by atoms with Gasteiger partial charge in [0.25, 0.3) is 0 Å². The van der Waals surface area contributed by atoms with E-state index in [1.807, 2.05) is 36.4 Å². The number of benzene rings is 2. The zero-order valence-corrected chi connectivity index (χ0v) is 19.5. The molecule has 0 saturated carbocycles. The van der Waals surface area contributed by atoms with Crippen LogP contribution in [0.3, 0.4) is 0 Å². The molecule has 2 atom stereocenters. The van der Waals surface area contributed by atoms with Gasteiger partial charge in [-0.1, -0.05) is 44.0 Å². The van der Waals surface area contributed by atoms with Crippen molar-refractivity contribution in [1.29, 1.82) is 0 Å². The zero-order valence-electron chi connectivity index (χ0n) is 16.3. The molecule has 0 aromatic heterocycles. The number of ether oxygens (including phenoxy) is 4. The fraction of sp³-hybridized carbons (Fsp3) is 0.381. The second-order valence-electron chi connectivity index (χ2n) is 6.03. The van der Waals surface area contributed by atoms with E-state index in [1.165, 1.54) is 0 Å². The average Bonchev–Trinajstić information content (AvgIpc) is 2.73. The predicted molar refractivity (Wildman–Crippen MR) is 117 cm³/mol. The van der Waals surface area contributed by atoms with Crippen LogP contribution in [0, 0.1) is 0 Å². The van der Waals surface area contributed by atoms with E-state index in [0.29, 0.717) is 35.8 Å². The largest absolute Gasteiger partial charge is 0.496 e. The molecule has 0 N–H and O–H groups in total. The van der Waals surface area contributed by atoms with Crippen LogP contribution in [-0.4, -0.2) is 43.9 Å². The lowest BCUT2D eigenvalue weighted by atomic mass is 10.00. The Bertz CT molecular complexity index is 699. The van der Waals surface area contributed by atoms with Gasteiger partial charge >= 0.3 is 0 Å². The van der Waals surface area contributed by atoms with E-state index < -0.39 is 9.65 Å². The Morgan fingerprint density at radius 2 is 1.00 bits per heavy atom. The van der Waals surface area contributed by atoms with Crippen LogP contribution in [0.15, 0.2) is 36.4 Å². The third-order valence-electron chi connectivity index (χ3n) is 4.44. The monoisotopic (exact) mass is 514 g/mol. The summed E-state index contributed by atoms with van der Waals surface area (Å²) in [6.07, 6.45) is 0.883. The predicted octanol–water partition coefficient (Wildman–Crippen LogP) is 4.60. The van der Waals surface area contributed by atoms with Crippen LogP contribution in [-0.2, 0) is 17.6 Å². The molecule has 2 aromatic carbocycles. The fourth-order valence-electron chi connectivity index (χ4n) is 3.01. The first-order chi connectivity index (χ1) is 13.5. The first-order valence-electron chi connectivity index (χ1n) is 8.68. The zero-order chi connectivity index (χ0) is 20.7. The topological polar surface area (TPSA) is 54.0 Å². The molecule has 0 aliphatic carbocycles. The van der Waals surface area contributed by atoms with Gasteiger partial charge in [0, 0.05) is 11.1 Å². The Morgan fingerprint density at radius 3 is 1.25 bits per heavy atom. The van der Waals surface area contributed by atoms with E-state index in [2.05, 4.69) is 31.9 Å². The number of ketones is 1. The Morgan fingerprint density at radius 1 is 0.714 bits per heavy atom. The van der Waals surface area contributed by atoms with E-state index in [0.717, 1.165) is 11.1 Å². The van der Waals surface area contributed by atoms with Crippen LogP contribution < -0.4 is 18.9 Å². The minimum absolute atomic E-state index is 0.0147. The number of halogens is 2. The van der Waals surface area contributed by atoms with Crippen molar-refractivity contribution in [1.82, 2.24) is 0 Å². The molecule has 0 aliphatic rings. The van der Waals surface area contributed by atoms with Crippen LogP contribution in [0.25, 0.3) is 0 Å². The lowest BCUT2D eigenvalue weighted by Crippen LogP contribution is -2.28. The third-order valence-corrected chi connectivity index (χ3v) is 5.99. The molecular formula is C21H24Br2O5. The number of methoxy groups -OCH3 is 4. The minimum atomic E-state index is -0.414. The number of alkyl halides is 2. The van der Waals surface area contributed by atoms with Crippen molar-refractivity contribution >= 4 is 37.6 Å². The molecule has 0 bridgehead atoms. The van der Waals surface area contributed by atoms with Crippen molar-refractivity contribution in [3.8, 4) is 23.0 Å². The molecule has 2 aromatic rings. The van der Waals surface area contributed by atoms with Crippen molar-refractivity contribution < 1.29 is 23.7 Å². The standard InChI is InChI=1S/C21H24Br2O5/c1-25-17-7-5-8-18(26-2)13(17)11-15(22)21(24)16(23)12-14-19(27-3)9-6-10-20(14)28-4/h5-10,15-16H,11-12H2,1-4H3. The molecule has 2 unspecified atom stereocenters. The van der Waals surface area contributed by atoms with E-state index >= 15 is 0 Å². The van der Waals surface area contributed by atoms with Gasteiger partial charge in [-0.15, -0.1) is 0 Å². The molecule has 152 valence electrons. The van der Waals surface area contributed by atoms with Crippen LogP contribution in [0.4, 0.5) is 0 Å². The van der Waals surface area contributed by atoms with Crippen LogP contribution in [0.1, 0.15) is 11.1 Å². The normalized spacial score (nSPS) is 12.8. The molecule has 7 heteroatoms. The number of hydrogen-bond acceptors (Lipinski definition) is 5. The smallest absolute Gasteiger partial charge is 0.160 e. The average molecular weight is 516 g/mol. The Hall–Kier alpha value is -1.73. The highest BCUT2D eigenvalue weighted by molar-refractivity contribution is 9.10. The fourth-order valence-corrected chi connectivity index (χ4v) is 4.65. The van der Waals surface area contributed by atoms with Crippen LogP contribution in [0.5, 0.6) is 23.0 Å². The first-order valence-corrected chi connectivity index (χ1v) is 10.5. The molecule has 0 spiro atoms. The van der Waals surface area contributed by atoms with Gasteiger partial charge in [0.2, 0.25) is 0 Å². The SMILES string of the molecule is COc1cccc(OC)c1CC(Br)C(=O)C(Br)Cc1c(OC)cccc1OC. The number of Topliss-reactive ketones (excluding diaryl/α,β-unsaturated/α-hetero) is 1. The van der Waals surface area contributed by atoms with Crippen LogP contribution in [0.2, 0.25) is 0 Å². The van der Waals surface area contributed by atoms with Gasteiger partial charge < -0.3 is 18.9 Å². The highest BCUT2D eigenvalue weighted by Crippen LogP contribution is 2.34. The van der Waals surface area contributed by atoms with Crippen molar-refractivity contribution in [2.24, 2.45) is 0 Å². The Balaban J connectivity index is 2.19. The van der Waals surface area contributed by atoms with Gasteiger partial charge in [0.15, 0.2) is 5.78 Å². The molecular weight excluding hydrogens is 492 g/mol. The van der Waals surface area contributed by atoms with Gasteiger partial charge in [-0.3, -0.25) is 4.79 Å². The Labute approximate surface area is 182 Å². The lowest BCUT2D eigenvalue weighted by Gasteiger charge is -2.19. The number of rotatable bonds is 10. The van der Waals surface area contributed by atoms with Gasteiger partial charge in [-0.25, -0.2) is 0 Å². The highest BCUT2D eigenvalue weighted by Gasteiger charge is 2.27. The second kappa shape index (κ2) is 10.7. The van der Waals surface area contributed by atoms with Crippen LogP contribution >= 0.6 is 31.9 Å². The van der Waals surface area contributed by atoms with Gasteiger partial charge in [-0.05, 0) is 37.1 Å². The molecule has 0 aliphatic heterocycles. The summed E-state index contributed by atoms with van der Waals surface area (Å²) in [6, 6.07) is 11.1. The van der Waals surface area contributed by atoms with Gasteiger partial charge in [0.05, 0.1) is 38.1 Å². The van der Waals surface area contributed by atoms with E-state index in [-0.39, 0.29) is 5.78 Å². The van der Waals surface area contributed by atoms with Crippen molar-refractivity contribution in [2.45, 2.75) is 22.5 Å². The first kappa shape index (κ1) is 22.6. The van der Waals surface area contributed by atoms with E-state index in [1.54, 1.807) is 28.4 Å². The highest BCUT2D eigenvalue weighted by atomic mass is 79.9. The molecule has 5 nitrogen and oxygen atoms in total. The molecule has 0 fully saturated rings. The van der Waals surface area contributed by atoms with E-state index in [4.69, 9.17) is 18.9 Å². The van der Waals surface area contributed by atoms with Gasteiger partial charge in [-0.2, -0.15) is 0 Å². The summed E-state index contributed by atoms with van der Waals surface area (Å²) in [4.78, 5) is 12.2. The minimum Gasteiger partial charge on any atom is -0.496 e.